The van der Waals surface area contributed by atoms with Crippen LogP contribution in [0.4, 0.5) is 0 Å². The van der Waals surface area contributed by atoms with Crippen LogP contribution in [0.2, 0.25) is 0 Å². The number of methoxy groups -OCH3 is 1. The van der Waals surface area contributed by atoms with Gasteiger partial charge < -0.3 is 18.8 Å². The summed E-state index contributed by atoms with van der Waals surface area (Å²) in [6, 6.07) is 12.4. The maximum absolute atomic E-state index is 13.7. The fourth-order valence-corrected chi connectivity index (χ4v) is 4.74. The number of likely N-dealkylation sites (tertiary alicyclic amines) is 1. The van der Waals surface area contributed by atoms with Gasteiger partial charge in [0.25, 0.3) is 0 Å². The van der Waals surface area contributed by atoms with Crippen LogP contribution >= 0.6 is 0 Å². The molecule has 186 valence electrons. The Bertz CT molecular complexity index is 1140. The Morgan fingerprint density at radius 1 is 1.00 bits per heavy atom. The highest BCUT2D eigenvalue weighted by Crippen LogP contribution is 2.33. The predicted octanol–water partition coefficient (Wildman–Crippen LogP) is 6.05. The molecule has 4 rings (SSSR count). The number of hydrogen-bond acceptors (Lipinski definition) is 6. The first-order chi connectivity index (χ1) is 17.1. The lowest BCUT2D eigenvalue weighted by Gasteiger charge is -2.26. The highest BCUT2D eigenvalue weighted by atomic mass is 16.5. The van der Waals surface area contributed by atoms with Crippen LogP contribution in [0, 0.1) is 0 Å². The maximum atomic E-state index is 13.7. The first kappa shape index (κ1) is 25.0. The third kappa shape index (κ3) is 5.93. The number of hydrogen-bond donors (Lipinski definition) is 0. The van der Waals surface area contributed by atoms with Gasteiger partial charge in [-0.15, -0.1) is 0 Å². The Labute approximate surface area is 207 Å². The highest BCUT2D eigenvalue weighted by Gasteiger charge is 2.26. The lowest BCUT2D eigenvalue weighted by Crippen LogP contribution is -2.31. The maximum Gasteiger partial charge on any atom is 0.338 e. The number of furan rings is 1. The number of aryl methyl sites for hydroxylation is 1. The van der Waals surface area contributed by atoms with Crippen molar-refractivity contribution in [2.75, 3.05) is 33.4 Å². The van der Waals surface area contributed by atoms with E-state index in [0.717, 1.165) is 31.6 Å². The van der Waals surface area contributed by atoms with Gasteiger partial charge in [-0.25, -0.2) is 4.79 Å². The summed E-state index contributed by atoms with van der Waals surface area (Å²) >= 11 is 0. The summed E-state index contributed by atoms with van der Waals surface area (Å²) in [5.41, 5.74) is 1.85. The molecule has 2 aromatic carbocycles. The normalized spacial score (nSPS) is 14.2. The molecule has 0 spiro atoms. The summed E-state index contributed by atoms with van der Waals surface area (Å²) in [4.78, 5) is 28.6. The molecule has 0 saturated carbocycles. The van der Waals surface area contributed by atoms with Gasteiger partial charge in [-0.2, -0.15) is 0 Å². The number of nitrogens with zero attached hydrogens (tertiary/aromatic N) is 1. The molecule has 6 nitrogen and oxygen atoms in total. The van der Waals surface area contributed by atoms with E-state index in [0.29, 0.717) is 46.4 Å². The van der Waals surface area contributed by atoms with Gasteiger partial charge in [0.05, 0.1) is 24.8 Å². The summed E-state index contributed by atoms with van der Waals surface area (Å²) in [6.45, 7) is 6.19. The molecular formula is C29H35NO5. The molecule has 0 radical (unpaired) electrons. The van der Waals surface area contributed by atoms with E-state index in [2.05, 4.69) is 11.8 Å². The zero-order valence-electron chi connectivity index (χ0n) is 20.8. The third-order valence-electron chi connectivity index (χ3n) is 6.63. The van der Waals surface area contributed by atoms with Gasteiger partial charge in [-0.05, 0) is 75.2 Å². The molecule has 2 heterocycles. The van der Waals surface area contributed by atoms with Crippen LogP contribution in [-0.4, -0.2) is 50.0 Å². The van der Waals surface area contributed by atoms with Gasteiger partial charge >= 0.3 is 5.97 Å². The van der Waals surface area contributed by atoms with Crippen molar-refractivity contribution in [3.63, 3.8) is 0 Å². The minimum absolute atomic E-state index is 0.164. The number of benzene rings is 2. The van der Waals surface area contributed by atoms with Crippen molar-refractivity contribution in [1.29, 1.82) is 0 Å². The highest BCUT2D eigenvalue weighted by molar-refractivity contribution is 6.20. The number of ketones is 1. The summed E-state index contributed by atoms with van der Waals surface area (Å²) in [5.74, 6) is 0.712. The largest absolute Gasteiger partial charge is 0.494 e. The van der Waals surface area contributed by atoms with Gasteiger partial charge in [0.15, 0.2) is 5.78 Å². The second kappa shape index (κ2) is 12.0. The van der Waals surface area contributed by atoms with E-state index in [1.807, 2.05) is 12.1 Å². The fraction of sp³-hybridized carbons (Fsp3) is 0.448. The van der Waals surface area contributed by atoms with Crippen molar-refractivity contribution in [3.8, 4) is 5.75 Å². The molecule has 0 amide bonds. The first-order valence-electron chi connectivity index (χ1n) is 12.7. The second-order valence-corrected chi connectivity index (χ2v) is 9.13. The monoisotopic (exact) mass is 477 g/mol. The molecular weight excluding hydrogens is 442 g/mol. The Balaban J connectivity index is 1.51. The number of unbranched alkanes of at least 4 members (excludes halogenated alkanes) is 1. The SMILES string of the molecule is CCCCc1oc2cccc(C(=O)OC)c2c1C(=O)c1ccc(OCCCN2CCCCC2)cc1. The van der Waals surface area contributed by atoms with Gasteiger partial charge in [0.2, 0.25) is 0 Å². The van der Waals surface area contributed by atoms with Crippen LogP contribution in [-0.2, 0) is 11.2 Å². The van der Waals surface area contributed by atoms with E-state index < -0.39 is 5.97 Å². The van der Waals surface area contributed by atoms with E-state index in [4.69, 9.17) is 13.9 Å². The van der Waals surface area contributed by atoms with Gasteiger partial charge in [0.1, 0.15) is 17.1 Å². The Morgan fingerprint density at radius 3 is 2.49 bits per heavy atom. The smallest absolute Gasteiger partial charge is 0.338 e. The van der Waals surface area contributed by atoms with Crippen molar-refractivity contribution in [1.82, 2.24) is 4.90 Å². The average Bonchev–Trinajstić information content (AvgIpc) is 3.28. The van der Waals surface area contributed by atoms with Crippen molar-refractivity contribution < 1.29 is 23.5 Å². The summed E-state index contributed by atoms with van der Waals surface area (Å²) in [5, 5.41) is 0.522. The molecule has 1 aromatic heterocycles. The molecule has 1 aliphatic rings. The fourth-order valence-electron chi connectivity index (χ4n) is 4.74. The molecule has 1 aliphatic heterocycles. The Morgan fingerprint density at radius 2 is 1.77 bits per heavy atom. The van der Waals surface area contributed by atoms with Crippen LogP contribution in [0.15, 0.2) is 46.9 Å². The molecule has 0 N–H and O–H groups in total. The second-order valence-electron chi connectivity index (χ2n) is 9.13. The van der Waals surface area contributed by atoms with Crippen molar-refractivity contribution >= 4 is 22.7 Å². The quantitative estimate of drug-likeness (QED) is 0.190. The van der Waals surface area contributed by atoms with Gasteiger partial charge in [0, 0.05) is 23.9 Å². The van der Waals surface area contributed by atoms with E-state index in [9.17, 15) is 9.59 Å². The van der Waals surface area contributed by atoms with Crippen LogP contribution < -0.4 is 4.74 Å². The number of ether oxygens (including phenoxy) is 2. The Hall–Kier alpha value is -3.12. The number of esters is 1. The molecule has 6 heteroatoms. The standard InChI is InChI=1S/C29H35NO5/c1-3-4-11-25-27(26-23(29(32)33-2)10-8-12-24(26)35-25)28(31)21-13-15-22(16-14-21)34-20-9-19-30-17-6-5-7-18-30/h8,10,12-16H,3-7,9,11,17-20H2,1-2H3. The topological polar surface area (TPSA) is 69.0 Å². The number of fused-ring (bicyclic) bond motifs is 1. The van der Waals surface area contributed by atoms with E-state index >= 15 is 0 Å². The molecule has 0 unspecified atom stereocenters. The number of carbonyl (C=O) groups excluding carboxylic acids is 2. The lowest BCUT2D eigenvalue weighted by atomic mass is 9.96. The predicted molar refractivity (Wildman–Crippen MR) is 136 cm³/mol. The van der Waals surface area contributed by atoms with Crippen LogP contribution in [0.3, 0.4) is 0 Å². The number of rotatable bonds is 11. The average molecular weight is 478 g/mol. The van der Waals surface area contributed by atoms with Gasteiger partial charge in [-0.3, -0.25) is 4.79 Å². The number of piperidine rings is 1. The van der Waals surface area contributed by atoms with Crippen LogP contribution in [0.1, 0.15) is 77.5 Å². The lowest BCUT2D eigenvalue weighted by molar-refractivity contribution is 0.0603. The molecule has 3 aromatic rings. The molecule has 0 aliphatic carbocycles. The molecule has 0 atom stereocenters. The van der Waals surface area contributed by atoms with Crippen LogP contribution in [0.25, 0.3) is 11.0 Å². The summed E-state index contributed by atoms with van der Waals surface area (Å²) in [6.07, 6.45) is 7.41. The van der Waals surface area contributed by atoms with Crippen molar-refractivity contribution in [2.45, 2.75) is 51.9 Å². The number of carbonyl (C=O) groups is 2. The molecule has 0 bridgehead atoms. The molecule has 35 heavy (non-hydrogen) atoms. The zero-order chi connectivity index (χ0) is 24.6. The van der Waals surface area contributed by atoms with Crippen molar-refractivity contribution in [2.24, 2.45) is 0 Å². The summed E-state index contributed by atoms with van der Waals surface area (Å²) < 4.78 is 16.9. The van der Waals surface area contributed by atoms with Crippen LogP contribution in [0.5, 0.6) is 5.75 Å². The van der Waals surface area contributed by atoms with E-state index in [1.54, 1.807) is 30.3 Å². The van der Waals surface area contributed by atoms with E-state index in [-0.39, 0.29) is 5.78 Å². The first-order valence-corrected chi connectivity index (χ1v) is 12.7. The summed E-state index contributed by atoms with van der Waals surface area (Å²) in [7, 11) is 1.34. The molecule has 1 fully saturated rings. The third-order valence-corrected chi connectivity index (χ3v) is 6.63. The van der Waals surface area contributed by atoms with E-state index in [1.165, 1.54) is 39.5 Å². The van der Waals surface area contributed by atoms with Crippen molar-refractivity contribution in [3.05, 3.63) is 64.9 Å². The Kier molecular flexibility index (Phi) is 8.59. The minimum Gasteiger partial charge on any atom is -0.494 e. The zero-order valence-corrected chi connectivity index (χ0v) is 20.8. The molecule has 1 saturated heterocycles. The van der Waals surface area contributed by atoms with Gasteiger partial charge in [-0.1, -0.05) is 25.8 Å². The minimum atomic E-state index is -0.485.